The van der Waals surface area contributed by atoms with E-state index in [4.69, 9.17) is 4.42 Å². The molecule has 3 aliphatic carbocycles. The van der Waals surface area contributed by atoms with Crippen LogP contribution in [0.5, 0.6) is 0 Å². The Kier molecular flexibility index (Phi) is 6.20. The number of aryl methyl sites for hydroxylation is 3. The van der Waals surface area contributed by atoms with Crippen LogP contribution in [0.25, 0.3) is 0 Å². The van der Waals surface area contributed by atoms with Crippen molar-refractivity contribution in [2.24, 2.45) is 5.73 Å². The van der Waals surface area contributed by atoms with Crippen molar-refractivity contribution >= 4 is 23.5 Å². The normalized spacial score (nSPS) is 19.4. The van der Waals surface area contributed by atoms with Gasteiger partial charge in [-0.05, 0) is 79.7 Å². The minimum Gasteiger partial charge on any atom is -0.453 e. The number of fused-ring (bicyclic) bond motifs is 3. The van der Waals surface area contributed by atoms with Crippen LogP contribution in [0.4, 0.5) is 5.69 Å². The van der Waals surface area contributed by atoms with Gasteiger partial charge >= 0.3 is 0 Å². The topological polar surface area (TPSA) is 88.5 Å². The number of benzene rings is 1. The molecule has 1 aromatic carbocycles. The highest BCUT2D eigenvalue weighted by Gasteiger charge is 2.25. The molecular formula is C23H30N2O3S. The molecule has 1 aromatic heterocycles. The van der Waals surface area contributed by atoms with Gasteiger partial charge in [0.1, 0.15) is 5.76 Å². The molecule has 0 bridgehead atoms. The SMILES string of the molecule is CC(N)=O.OC1CCCCc2oc(SNc3c4c(cc5c3CCC5)CCC4)cc21. The van der Waals surface area contributed by atoms with E-state index >= 15 is 0 Å². The van der Waals surface area contributed by atoms with Gasteiger partial charge in [-0.2, -0.15) is 0 Å². The lowest BCUT2D eigenvalue weighted by Gasteiger charge is -2.15. The zero-order valence-electron chi connectivity index (χ0n) is 17.1. The maximum atomic E-state index is 10.3. The summed E-state index contributed by atoms with van der Waals surface area (Å²) in [6.07, 6.45) is 11.0. The molecule has 6 heteroatoms. The van der Waals surface area contributed by atoms with E-state index in [1.54, 1.807) is 23.1 Å². The zero-order valence-corrected chi connectivity index (χ0v) is 17.9. The van der Waals surface area contributed by atoms with Crippen molar-refractivity contribution in [2.75, 3.05) is 4.72 Å². The smallest absolute Gasteiger partial charge is 0.214 e. The van der Waals surface area contributed by atoms with Crippen molar-refractivity contribution in [3.05, 3.63) is 45.7 Å². The van der Waals surface area contributed by atoms with Crippen LogP contribution in [0.15, 0.2) is 21.6 Å². The standard InChI is InChI=1S/C21H25NO2S.C2H5NO/c23-18-9-1-2-10-19-17(18)12-20(24-19)25-22-21-15-7-3-5-13(15)11-14-6-4-8-16(14)21;1-2(3)4/h11-12,18,22-23H,1-10H2;1H3,(H2,3,4). The molecule has 156 valence electrons. The number of furan rings is 1. The lowest BCUT2D eigenvalue weighted by Crippen LogP contribution is -2.01. The minimum atomic E-state index is -0.360. The van der Waals surface area contributed by atoms with Gasteiger partial charge < -0.3 is 20.0 Å². The van der Waals surface area contributed by atoms with Crippen LogP contribution in [0.2, 0.25) is 0 Å². The van der Waals surface area contributed by atoms with Crippen molar-refractivity contribution in [1.82, 2.24) is 0 Å². The van der Waals surface area contributed by atoms with Crippen LogP contribution in [-0.4, -0.2) is 11.0 Å². The highest BCUT2D eigenvalue weighted by molar-refractivity contribution is 8.00. The number of amides is 1. The summed E-state index contributed by atoms with van der Waals surface area (Å²) in [5, 5.41) is 11.2. The molecule has 29 heavy (non-hydrogen) atoms. The molecule has 4 N–H and O–H groups in total. The molecule has 0 fully saturated rings. The summed E-state index contributed by atoms with van der Waals surface area (Å²) >= 11 is 1.58. The number of anilines is 1. The number of aliphatic hydroxyl groups is 1. The van der Waals surface area contributed by atoms with E-state index in [2.05, 4.69) is 16.5 Å². The number of hydrogen-bond donors (Lipinski definition) is 3. The molecule has 0 aliphatic heterocycles. The fraction of sp³-hybridized carbons (Fsp3) is 0.522. The van der Waals surface area contributed by atoms with Gasteiger partial charge in [-0.3, -0.25) is 4.79 Å². The Morgan fingerprint density at radius 3 is 2.38 bits per heavy atom. The fourth-order valence-corrected chi connectivity index (χ4v) is 5.54. The molecule has 1 atom stereocenters. The number of carbonyl (C=O) groups is 1. The molecule has 2 aromatic rings. The number of nitrogens with two attached hydrogens (primary N) is 1. The van der Waals surface area contributed by atoms with E-state index in [1.807, 2.05) is 6.07 Å². The summed E-state index contributed by atoms with van der Waals surface area (Å²) in [5.41, 5.74) is 13.0. The van der Waals surface area contributed by atoms with E-state index in [-0.39, 0.29) is 12.0 Å². The first-order valence-electron chi connectivity index (χ1n) is 10.7. The Bertz CT molecular complexity index is 870. The molecule has 0 radical (unpaired) electrons. The maximum Gasteiger partial charge on any atom is 0.214 e. The molecule has 3 aliphatic rings. The molecule has 5 nitrogen and oxygen atoms in total. The highest BCUT2D eigenvalue weighted by atomic mass is 32.2. The first-order chi connectivity index (χ1) is 14.0. The monoisotopic (exact) mass is 414 g/mol. The second kappa shape index (κ2) is 8.84. The van der Waals surface area contributed by atoms with Gasteiger partial charge in [-0.25, -0.2) is 0 Å². The van der Waals surface area contributed by atoms with Crippen LogP contribution >= 0.6 is 11.9 Å². The molecule has 1 heterocycles. The summed E-state index contributed by atoms with van der Waals surface area (Å²) in [6, 6.07) is 4.51. The van der Waals surface area contributed by atoms with E-state index in [9.17, 15) is 9.90 Å². The Labute approximate surface area is 176 Å². The second-order valence-electron chi connectivity index (χ2n) is 8.25. The Morgan fingerprint density at radius 1 is 1.07 bits per heavy atom. The van der Waals surface area contributed by atoms with E-state index < -0.39 is 0 Å². The van der Waals surface area contributed by atoms with E-state index in [0.717, 1.165) is 42.1 Å². The molecule has 0 saturated carbocycles. The van der Waals surface area contributed by atoms with Gasteiger partial charge in [-0.15, -0.1) is 0 Å². The maximum absolute atomic E-state index is 10.3. The number of nitrogens with one attached hydrogen (secondary N) is 1. The third-order valence-corrected chi connectivity index (χ3v) is 6.74. The lowest BCUT2D eigenvalue weighted by molar-refractivity contribution is -0.115. The number of hydrogen-bond acceptors (Lipinski definition) is 5. The van der Waals surface area contributed by atoms with Gasteiger partial charge in [-0.1, -0.05) is 12.5 Å². The second-order valence-corrected chi connectivity index (χ2v) is 9.06. The van der Waals surface area contributed by atoms with Crippen LogP contribution in [-0.2, 0) is 36.9 Å². The number of aliphatic hydroxyl groups excluding tert-OH is 1. The fourth-order valence-electron chi connectivity index (χ4n) is 4.76. The largest absolute Gasteiger partial charge is 0.453 e. The Hall–Kier alpha value is -1.92. The quantitative estimate of drug-likeness (QED) is 0.503. The average molecular weight is 415 g/mol. The number of carbonyl (C=O) groups excluding carboxylic acids is 1. The first-order valence-corrected chi connectivity index (χ1v) is 11.5. The molecular weight excluding hydrogens is 384 g/mol. The Morgan fingerprint density at radius 2 is 1.72 bits per heavy atom. The third-order valence-electron chi connectivity index (χ3n) is 6.04. The predicted molar refractivity (Wildman–Crippen MR) is 116 cm³/mol. The Balaban J connectivity index is 0.000000472. The van der Waals surface area contributed by atoms with Crippen LogP contribution in [0, 0.1) is 0 Å². The minimum absolute atomic E-state index is 0.333. The van der Waals surface area contributed by atoms with Gasteiger partial charge in [0, 0.05) is 30.9 Å². The van der Waals surface area contributed by atoms with Crippen molar-refractivity contribution in [3.8, 4) is 0 Å². The van der Waals surface area contributed by atoms with Crippen molar-refractivity contribution in [1.29, 1.82) is 0 Å². The molecule has 1 unspecified atom stereocenters. The lowest BCUT2D eigenvalue weighted by atomic mass is 9.99. The highest BCUT2D eigenvalue weighted by Crippen LogP contribution is 2.41. The zero-order chi connectivity index (χ0) is 20.4. The average Bonchev–Trinajstić information content (AvgIpc) is 3.39. The van der Waals surface area contributed by atoms with Crippen molar-refractivity contribution < 1.29 is 14.3 Å². The van der Waals surface area contributed by atoms with Gasteiger partial charge in [0.15, 0.2) is 5.09 Å². The van der Waals surface area contributed by atoms with Crippen molar-refractivity contribution in [2.45, 2.75) is 82.3 Å². The third kappa shape index (κ3) is 4.48. The number of primary amides is 1. The molecule has 5 rings (SSSR count). The van der Waals surface area contributed by atoms with E-state index in [0.29, 0.717) is 0 Å². The summed E-state index contributed by atoms with van der Waals surface area (Å²) in [6.45, 7) is 1.31. The first kappa shape index (κ1) is 20.4. The van der Waals surface area contributed by atoms with Gasteiger partial charge in [0.2, 0.25) is 5.91 Å². The van der Waals surface area contributed by atoms with Crippen LogP contribution < -0.4 is 10.5 Å². The van der Waals surface area contributed by atoms with Crippen molar-refractivity contribution in [3.63, 3.8) is 0 Å². The molecule has 0 saturated heterocycles. The summed E-state index contributed by atoms with van der Waals surface area (Å²) in [4.78, 5) is 9.22. The van der Waals surface area contributed by atoms with Gasteiger partial charge in [0.05, 0.1) is 11.8 Å². The summed E-state index contributed by atoms with van der Waals surface area (Å²) < 4.78 is 9.70. The van der Waals surface area contributed by atoms with E-state index in [1.165, 1.54) is 62.3 Å². The molecule has 1 amide bonds. The predicted octanol–water partition coefficient (Wildman–Crippen LogP) is 4.63. The summed E-state index contributed by atoms with van der Waals surface area (Å²) in [7, 11) is 0. The number of rotatable bonds is 3. The van der Waals surface area contributed by atoms with Crippen LogP contribution in [0.1, 0.15) is 78.7 Å². The van der Waals surface area contributed by atoms with Crippen LogP contribution in [0.3, 0.4) is 0 Å². The summed E-state index contributed by atoms with van der Waals surface area (Å²) in [5.74, 6) is 0.651. The van der Waals surface area contributed by atoms with Gasteiger partial charge in [0.25, 0.3) is 0 Å². The molecule has 0 spiro atoms.